The highest BCUT2D eigenvalue weighted by Crippen LogP contribution is 2.16. The summed E-state index contributed by atoms with van der Waals surface area (Å²) in [6, 6.07) is 9.31. The van der Waals surface area contributed by atoms with Gasteiger partial charge < -0.3 is 5.32 Å². The summed E-state index contributed by atoms with van der Waals surface area (Å²) in [7, 11) is 0. The molecule has 2 heterocycles. The minimum Gasteiger partial charge on any atom is -0.304 e. The molecule has 0 saturated heterocycles. The van der Waals surface area contributed by atoms with Crippen molar-refractivity contribution < 1.29 is 4.79 Å². The topological polar surface area (TPSA) is 86.5 Å². The number of H-pyrrole nitrogens is 2. The van der Waals surface area contributed by atoms with Crippen LogP contribution in [0.2, 0.25) is 0 Å². The number of para-hydroxylation sites is 1. The van der Waals surface area contributed by atoms with Crippen LogP contribution in [0.1, 0.15) is 23.1 Å². The lowest BCUT2D eigenvalue weighted by molar-refractivity contribution is 0.102. The maximum Gasteiger partial charge on any atom is 0.278 e. The van der Waals surface area contributed by atoms with Crippen LogP contribution in [0.25, 0.3) is 10.9 Å². The highest BCUT2D eigenvalue weighted by Gasteiger charge is 2.14. The summed E-state index contributed by atoms with van der Waals surface area (Å²) in [6.45, 7) is 2.01. The van der Waals surface area contributed by atoms with E-state index in [1.807, 2.05) is 37.3 Å². The maximum absolute atomic E-state index is 12.1. The van der Waals surface area contributed by atoms with Crippen molar-refractivity contribution in [2.24, 2.45) is 0 Å². The minimum atomic E-state index is -0.272. The molecule has 3 N–H and O–H groups in total. The van der Waals surface area contributed by atoms with E-state index in [-0.39, 0.29) is 5.91 Å². The summed E-state index contributed by atoms with van der Waals surface area (Å²) in [5, 5.41) is 17.3. The molecule has 0 bridgehead atoms. The number of rotatable bonds is 3. The second kappa shape index (κ2) is 4.56. The molecule has 19 heavy (non-hydrogen) atoms. The second-order valence-corrected chi connectivity index (χ2v) is 4.20. The molecule has 3 aromatic rings. The largest absolute Gasteiger partial charge is 0.304 e. The van der Waals surface area contributed by atoms with Gasteiger partial charge in [0.25, 0.3) is 5.91 Å². The van der Waals surface area contributed by atoms with E-state index >= 15 is 0 Å². The first kappa shape index (κ1) is 11.5. The zero-order valence-corrected chi connectivity index (χ0v) is 10.4. The molecule has 6 nitrogen and oxygen atoms in total. The molecule has 0 radical (unpaired) electrons. The third-order valence-electron chi connectivity index (χ3n) is 2.94. The Morgan fingerprint density at radius 3 is 2.89 bits per heavy atom. The van der Waals surface area contributed by atoms with Crippen molar-refractivity contribution in [1.82, 2.24) is 20.4 Å². The molecule has 1 amide bonds. The number of hydrogen-bond donors (Lipinski definition) is 3. The number of fused-ring (bicyclic) bond motifs is 1. The molecule has 96 valence electrons. The number of hydrogen-bond acceptors (Lipinski definition) is 3. The molecule has 0 atom stereocenters. The Kier molecular flexibility index (Phi) is 2.75. The van der Waals surface area contributed by atoms with Crippen molar-refractivity contribution in [1.29, 1.82) is 0 Å². The average molecular weight is 255 g/mol. The molecular formula is C13H13N5O. The number of aromatic amines is 2. The molecule has 1 aromatic carbocycles. The first-order chi connectivity index (χ1) is 9.28. The van der Waals surface area contributed by atoms with E-state index < -0.39 is 0 Å². The maximum atomic E-state index is 12.1. The number of amides is 1. The minimum absolute atomic E-state index is 0.272. The van der Waals surface area contributed by atoms with Gasteiger partial charge in [0, 0.05) is 17.1 Å². The Morgan fingerprint density at radius 1 is 1.26 bits per heavy atom. The summed E-state index contributed by atoms with van der Waals surface area (Å²) in [5.41, 5.74) is 2.18. The van der Waals surface area contributed by atoms with Crippen LogP contribution in [0.3, 0.4) is 0 Å². The van der Waals surface area contributed by atoms with Crippen LogP contribution in [-0.2, 0) is 6.42 Å². The lowest BCUT2D eigenvalue weighted by Crippen LogP contribution is -2.13. The Hall–Kier alpha value is -2.63. The number of nitrogens with zero attached hydrogens (tertiary/aromatic N) is 2. The van der Waals surface area contributed by atoms with Crippen LogP contribution in [0.15, 0.2) is 30.3 Å². The molecule has 0 saturated carbocycles. The van der Waals surface area contributed by atoms with Gasteiger partial charge in [-0.05, 0) is 12.5 Å². The van der Waals surface area contributed by atoms with Crippen LogP contribution in [0, 0.1) is 0 Å². The second-order valence-electron chi connectivity index (χ2n) is 4.20. The quantitative estimate of drug-likeness (QED) is 0.669. The zero-order chi connectivity index (χ0) is 13.2. The standard InChI is InChI=1S/C13H13N5O/c1-2-8-7-11(17-15-8)14-13(19)12-9-5-3-4-6-10(9)16-18-12/h3-7H,2H2,1H3,(H,16,18)(H2,14,15,17,19). The third-order valence-corrected chi connectivity index (χ3v) is 2.94. The fraction of sp³-hybridized carbons (Fsp3) is 0.154. The van der Waals surface area contributed by atoms with Crippen LogP contribution in [0.4, 0.5) is 5.82 Å². The number of carbonyl (C=O) groups excluding carboxylic acids is 1. The molecule has 0 spiro atoms. The number of benzene rings is 1. The van der Waals surface area contributed by atoms with E-state index in [0.29, 0.717) is 11.5 Å². The third kappa shape index (κ3) is 2.08. The summed E-state index contributed by atoms with van der Waals surface area (Å²) in [6.07, 6.45) is 0.841. The highest BCUT2D eigenvalue weighted by molar-refractivity contribution is 6.10. The average Bonchev–Trinajstić information content (AvgIpc) is 3.04. The fourth-order valence-electron chi connectivity index (χ4n) is 1.92. The van der Waals surface area contributed by atoms with Crippen LogP contribution < -0.4 is 5.32 Å². The predicted octanol–water partition coefficient (Wildman–Crippen LogP) is 2.10. The van der Waals surface area contributed by atoms with Crippen LogP contribution >= 0.6 is 0 Å². The van der Waals surface area contributed by atoms with Gasteiger partial charge in [0.2, 0.25) is 0 Å². The summed E-state index contributed by atoms with van der Waals surface area (Å²) >= 11 is 0. The van der Waals surface area contributed by atoms with Crippen molar-refractivity contribution >= 4 is 22.6 Å². The van der Waals surface area contributed by atoms with Crippen molar-refractivity contribution in [3.63, 3.8) is 0 Å². The van der Waals surface area contributed by atoms with Gasteiger partial charge in [0.05, 0.1) is 5.52 Å². The van der Waals surface area contributed by atoms with E-state index in [1.165, 1.54) is 0 Å². The van der Waals surface area contributed by atoms with Gasteiger partial charge in [-0.25, -0.2) is 0 Å². The van der Waals surface area contributed by atoms with Gasteiger partial charge >= 0.3 is 0 Å². The number of aromatic nitrogens is 4. The van der Waals surface area contributed by atoms with Gasteiger partial charge in [-0.1, -0.05) is 25.1 Å². The molecule has 0 aliphatic carbocycles. The molecule has 2 aromatic heterocycles. The van der Waals surface area contributed by atoms with Gasteiger partial charge in [0.15, 0.2) is 11.5 Å². The molecule has 0 fully saturated rings. The number of nitrogens with one attached hydrogen (secondary N) is 3. The normalized spacial score (nSPS) is 10.8. The van der Waals surface area contributed by atoms with Gasteiger partial charge in [0.1, 0.15) is 0 Å². The van der Waals surface area contributed by atoms with E-state index in [1.54, 1.807) is 0 Å². The van der Waals surface area contributed by atoms with Crippen molar-refractivity contribution in [2.75, 3.05) is 5.32 Å². The van der Waals surface area contributed by atoms with Crippen molar-refractivity contribution in [2.45, 2.75) is 13.3 Å². The number of carbonyl (C=O) groups is 1. The molecule has 3 rings (SSSR count). The Labute approximate surface area is 109 Å². The van der Waals surface area contributed by atoms with Crippen molar-refractivity contribution in [3.05, 3.63) is 41.7 Å². The van der Waals surface area contributed by atoms with E-state index in [0.717, 1.165) is 23.0 Å². The molecular weight excluding hydrogens is 242 g/mol. The smallest absolute Gasteiger partial charge is 0.278 e. The van der Waals surface area contributed by atoms with Gasteiger partial charge in [-0.3, -0.25) is 15.0 Å². The van der Waals surface area contributed by atoms with Gasteiger partial charge in [-0.2, -0.15) is 10.2 Å². The Bertz CT molecular complexity index is 727. The monoisotopic (exact) mass is 255 g/mol. The summed E-state index contributed by atoms with van der Waals surface area (Å²) in [5.74, 6) is 0.237. The highest BCUT2D eigenvalue weighted by atomic mass is 16.2. The van der Waals surface area contributed by atoms with Crippen molar-refractivity contribution in [3.8, 4) is 0 Å². The molecule has 6 heteroatoms. The first-order valence-corrected chi connectivity index (χ1v) is 6.06. The van der Waals surface area contributed by atoms with Crippen LogP contribution in [-0.4, -0.2) is 26.3 Å². The molecule has 0 unspecified atom stereocenters. The first-order valence-electron chi connectivity index (χ1n) is 6.06. The molecule has 0 aliphatic rings. The Balaban J connectivity index is 1.87. The fourth-order valence-corrected chi connectivity index (χ4v) is 1.92. The SMILES string of the molecule is CCc1cc(NC(=O)c2n[nH]c3ccccc23)n[nH]1. The van der Waals surface area contributed by atoms with Gasteiger partial charge in [-0.15, -0.1) is 0 Å². The van der Waals surface area contributed by atoms with Crippen LogP contribution in [0.5, 0.6) is 0 Å². The lowest BCUT2D eigenvalue weighted by atomic mass is 10.2. The lowest BCUT2D eigenvalue weighted by Gasteiger charge is -1.98. The predicted molar refractivity (Wildman–Crippen MR) is 72.0 cm³/mol. The van der Waals surface area contributed by atoms with E-state index in [2.05, 4.69) is 25.7 Å². The number of aryl methyl sites for hydroxylation is 1. The number of anilines is 1. The summed E-state index contributed by atoms with van der Waals surface area (Å²) < 4.78 is 0. The Morgan fingerprint density at radius 2 is 2.11 bits per heavy atom. The zero-order valence-electron chi connectivity index (χ0n) is 10.4. The molecule has 0 aliphatic heterocycles. The summed E-state index contributed by atoms with van der Waals surface area (Å²) in [4.78, 5) is 12.1. The van der Waals surface area contributed by atoms with E-state index in [9.17, 15) is 4.79 Å². The van der Waals surface area contributed by atoms with E-state index in [4.69, 9.17) is 0 Å².